The van der Waals surface area contributed by atoms with E-state index in [2.05, 4.69) is 15.6 Å². The molecule has 6 nitrogen and oxygen atoms in total. The molecular weight excluding hydrogens is 362 g/mol. The number of nitrogens with one attached hydrogen (secondary N) is 2. The minimum Gasteiger partial charge on any atom is -0.497 e. The van der Waals surface area contributed by atoms with Crippen molar-refractivity contribution in [3.8, 4) is 5.75 Å². The van der Waals surface area contributed by atoms with E-state index in [0.717, 1.165) is 22.6 Å². The van der Waals surface area contributed by atoms with E-state index in [1.165, 1.54) is 11.8 Å². The van der Waals surface area contributed by atoms with Gasteiger partial charge in [-0.2, -0.15) is 0 Å². The van der Waals surface area contributed by atoms with Crippen molar-refractivity contribution in [3.63, 3.8) is 0 Å². The normalized spacial score (nSPS) is 17.7. The van der Waals surface area contributed by atoms with E-state index in [4.69, 9.17) is 4.74 Å². The number of hydrogen-bond donors (Lipinski definition) is 2. The lowest BCUT2D eigenvalue weighted by molar-refractivity contribution is -0.122. The number of aryl methyl sites for hydroxylation is 2. The molecule has 2 aromatic rings. The van der Waals surface area contributed by atoms with Crippen LogP contribution in [-0.2, 0) is 9.59 Å². The van der Waals surface area contributed by atoms with Gasteiger partial charge < -0.3 is 15.4 Å². The molecule has 1 saturated heterocycles. The number of thioether (sulfide) groups is 1. The van der Waals surface area contributed by atoms with Crippen molar-refractivity contribution in [2.24, 2.45) is 4.99 Å². The molecule has 0 aliphatic carbocycles. The molecule has 1 aliphatic heterocycles. The highest BCUT2D eigenvalue weighted by Gasteiger charge is 2.32. The molecule has 0 aromatic heterocycles. The van der Waals surface area contributed by atoms with E-state index < -0.39 is 5.25 Å². The topological polar surface area (TPSA) is 79.8 Å². The molecule has 1 aliphatic rings. The molecule has 1 fully saturated rings. The van der Waals surface area contributed by atoms with E-state index in [-0.39, 0.29) is 18.2 Å². The summed E-state index contributed by atoms with van der Waals surface area (Å²) in [5.74, 6) is 0.345. The lowest BCUT2D eigenvalue weighted by atomic mass is 10.1. The zero-order chi connectivity index (χ0) is 19.4. The number of ether oxygens (including phenoxy) is 1. The minimum atomic E-state index is -0.494. The van der Waals surface area contributed by atoms with Crippen LogP contribution in [0.15, 0.2) is 47.5 Å². The van der Waals surface area contributed by atoms with Crippen LogP contribution in [0.2, 0.25) is 0 Å². The summed E-state index contributed by atoms with van der Waals surface area (Å²) in [4.78, 5) is 29.0. The zero-order valence-corrected chi connectivity index (χ0v) is 16.2. The van der Waals surface area contributed by atoms with Crippen molar-refractivity contribution in [3.05, 3.63) is 53.6 Å². The molecule has 0 bridgehead atoms. The number of carbonyl (C=O) groups is 2. The number of anilines is 1. The molecule has 2 amide bonds. The molecule has 2 aromatic carbocycles. The molecule has 0 radical (unpaired) electrons. The van der Waals surface area contributed by atoms with Crippen LogP contribution in [0, 0.1) is 13.8 Å². The number of amidine groups is 1. The number of rotatable bonds is 5. The Morgan fingerprint density at radius 2 is 1.85 bits per heavy atom. The van der Waals surface area contributed by atoms with Crippen molar-refractivity contribution in [2.75, 3.05) is 12.4 Å². The molecule has 7 heteroatoms. The highest BCUT2D eigenvalue weighted by atomic mass is 32.2. The van der Waals surface area contributed by atoms with Crippen LogP contribution in [0.5, 0.6) is 5.75 Å². The molecule has 27 heavy (non-hydrogen) atoms. The summed E-state index contributed by atoms with van der Waals surface area (Å²) in [6, 6.07) is 13.0. The Bertz CT molecular complexity index is 874. The summed E-state index contributed by atoms with van der Waals surface area (Å²) in [5, 5.41) is 5.65. The van der Waals surface area contributed by atoms with Gasteiger partial charge in [0.1, 0.15) is 11.0 Å². The highest BCUT2D eigenvalue weighted by molar-refractivity contribution is 8.15. The number of carbonyl (C=O) groups excluding carboxylic acids is 2. The number of aliphatic imine (C=N–C) groups is 1. The molecule has 0 saturated carbocycles. The third kappa shape index (κ3) is 4.68. The Morgan fingerprint density at radius 3 is 2.48 bits per heavy atom. The maximum Gasteiger partial charge on any atom is 0.240 e. The van der Waals surface area contributed by atoms with Gasteiger partial charge in [0.25, 0.3) is 0 Å². The maximum absolute atomic E-state index is 12.4. The summed E-state index contributed by atoms with van der Waals surface area (Å²) in [5.41, 5.74) is 3.50. The SMILES string of the molecule is COc1ccc(N=C2NC(=O)[C@H](CC(=O)Nc3c(C)cccc3C)S2)cc1. The first-order valence-corrected chi connectivity index (χ1v) is 9.40. The van der Waals surface area contributed by atoms with Crippen LogP contribution in [0.4, 0.5) is 11.4 Å². The van der Waals surface area contributed by atoms with Gasteiger partial charge in [-0.25, -0.2) is 4.99 Å². The third-order valence-corrected chi connectivity index (χ3v) is 5.28. The van der Waals surface area contributed by atoms with Crippen molar-refractivity contribution in [1.82, 2.24) is 5.32 Å². The predicted molar refractivity (Wildman–Crippen MR) is 109 cm³/mol. The number of methoxy groups -OCH3 is 1. The van der Waals surface area contributed by atoms with E-state index in [1.54, 1.807) is 31.4 Å². The smallest absolute Gasteiger partial charge is 0.240 e. The summed E-state index contributed by atoms with van der Waals surface area (Å²) >= 11 is 1.27. The molecule has 140 valence electrons. The van der Waals surface area contributed by atoms with Crippen LogP contribution in [-0.4, -0.2) is 29.3 Å². The van der Waals surface area contributed by atoms with Gasteiger partial charge in [-0.05, 0) is 49.2 Å². The van der Waals surface area contributed by atoms with Crippen LogP contribution in [0.25, 0.3) is 0 Å². The first kappa shape index (κ1) is 19.0. The van der Waals surface area contributed by atoms with E-state index in [9.17, 15) is 9.59 Å². The van der Waals surface area contributed by atoms with Crippen LogP contribution in [0.1, 0.15) is 17.5 Å². The first-order valence-electron chi connectivity index (χ1n) is 8.52. The maximum atomic E-state index is 12.4. The summed E-state index contributed by atoms with van der Waals surface area (Å²) in [7, 11) is 1.60. The lowest BCUT2D eigenvalue weighted by Gasteiger charge is -2.12. The second-order valence-electron chi connectivity index (χ2n) is 6.23. The van der Waals surface area contributed by atoms with Gasteiger partial charge in [-0.3, -0.25) is 9.59 Å². The standard InChI is InChI=1S/C20H21N3O3S/c1-12-5-4-6-13(2)18(12)22-17(24)11-16-19(25)23-20(27-16)21-14-7-9-15(26-3)10-8-14/h4-10,16H,11H2,1-3H3,(H,22,24)(H,21,23,25)/t16-/m0/s1. The third-order valence-electron chi connectivity index (χ3n) is 4.20. The van der Waals surface area contributed by atoms with Crippen molar-refractivity contribution < 1.29 is 14.3 Å². The van der Waals surface area contributed by atoms with Crippen molar-refractivity contribution >= 4 is 40.1 Å². The fraction of sp³-hybridized carbons (Fsp3) is 0.250. The molecule has 2 N–H and O–H groups in total. The number of nitrogens with zero attached hydrogens (tertiary/aromatic N) is 1. The van der Waals surface area contributed by atoms with E-state index in [1.807, 2.05) is 32.0 Å². The van der Waals surface area contributed by atoms with Gasteiger partial charge in [-0.1, -0.05) is 30.0 Å². The average molecular weight is 383 g/mol. The fourth-order valence-electron chi connectivity index (χ4n) is 2.74. The fourth-order valence-corrected chi connectivity index (χ4v) is 3.72. The second-order valence-corrected chi connectivity index (χ2v) is 7.42. The second kappa shape index (κ2) is 8.26. The van der Waals surface area contributed by atoms with Gasteiger partial charge in [0.2, 0.25) is 11.8 Å². The van der Waals surface area contributed by atoms with Crippen LogP contribution in [0.3, 0.4) is 0 Å². The van der Waals surface area contributed by atoms with Crippen LogP contribution >= 0.6 is 11.8 Å². The molecule has 1 heterocycles. The summed E-state index contributed by atoms with van der Waals surface area (Å²) in [6.07, 6.45) is 0.0892. The Kier molecular flexibility index (Phi) is 5.81. The van der Waals surface area contributed by atoms with Gasteiger partial charge in [0.15, 0.2) is 5.17 Å². The van der Waals surface area contributed by atoms with E-state index in [0.29, 0.717) is 10.9 Å². The highest BCUT2D eigenvalue weighted by Crippen LogP contribution is 2.27. The van der Waals surface area contributed by atoms with Gasteiger partial charge in [-0.15, -0.1) is 0 Å². The predicted octanol–water partition coefficient (Wildman–Crippen LogP) is 3.56. The van der Waals surface area contributed by atoms with Crippen LogP contribution < -0.4 is 15.4 Å². The molecular formula is C20H21N3O3S. The average Bonchev–Trinajstić information content (AvgIpc) is 2.98. The number of hydrogen-bond acceptors (Lipinski definition) is 5. The number of para-hydroxylation sites is 1. The summed E-state index contributed by atoms with van der Waals surface area (Å²) < 4.78 is 5.11. The zero-order valence-electron chi connectivity index (χ0n) is 15.4. The Labute approximate surface area is 162 Å². The quantitative estimate of drug-likeness (QED) is 0.827. The largest absolute Gasteiger partial charge is 0.497 e. The Balaban J connectivity index is 1.63. The van der Waals surface area contributed by atoms with Crippen molar-refractivity contribution in [2.45, 2.75) is 25.5 Å². The Hall–Kier alpha value is -2.80. The van der Waals surface area contributed by atoms with Crippen molar-refractivity contribution in [1.29, 1.82) is 0 Å². The number of amides is 2. The molecule has 1 atom stereocenters. The monoisotopic (exact) mass is 383 g/mol. The first-order chi connectivity index (χ1) is 13.0. The minimum absolute atomic E-state index is 0.0892. The van der Waals surface area contributed by atoms with Gasteiger partial charge >= 0.3 is 0 Å². The molecule has 0 unspecified atom stereocenters. The van der Waals surface area contributed by atoms with E-state index >= 15 is 0 Å². The lowest BCUT2D eigenvalue weighted by Crippen LogP contribution is -2.28. The van der Waals surface area contributed by atoms with Gasteiger partial charge in [0.05, 0.1) is 12.8 Å². The Morgan fingerprint density at radius 1 is 1.19 bits per heavy atom. The molecule has 0 spiro atoms. The number of benzene rings is 2. The molecule has 3 rings (SSSR count). The van der Waals surface area contributed by atoms with Gasteiger partial charge in [0, 0.05) is 12.1 Å². The summed E-state index contributed by atoms with van der Waals surface area (Å²) in [6.45, 7) is 3.89.